The zero-order chi connectivity index (χ0) is 47.2. The minimum atomic E-state index is -0.802. The SMILES string of the molecule is CCCCC/C=C\C/C=C\C/C=C\CCCCC(=O)O[C@@H](COC(=O)CCCCCCC/C=C\CCCCCCCC)COC(=O)CCCCCCCCC/C=C\C/C=C\CCCCC. The summed E-state index contributed by atoms with van der Waals surface area (Å²) in [5.74, 6) is -0.947. The second-order valence-electron chi connectivity index (χ2n) is 18.1. The molecule has 0 aliphatic carbocycles. The van der Waals surface area contributed by atoms with E-state index in [-0.39, 0.29) is 37.5 Å². The second-order valence-corrected chi connectivity index (χ2v) is 18.1. The minimum Gasteiger partial charge on any atom is -0.462 e. The third-order valence-corrected chi connectivity index (χ3v) is 11.7. The summed E-state index contributed by atoms with van der Waals surface area (Å²) in [4.78, 5) is 38.1. The number of rotatable bonds is 49. The molecular formula is C59H102O6. The van der Waals surface area contributed by atoms with Crippen LogP contribution in [-0.4, -0.2) is 37.2 Å². The lowest BCUT2D eigenvalue weighted by molar-refractivity contribution is -0.167. The maximum Gasteiger partial charge on any atom is 0.306 e. The van der Waals surface area contributed by atoms with Crippen molar-refractivity contribution in [1.82, 2.24) is 0 Å². The molecule has 0 aromatic carbocycles. The van der Waals surface area contributed by atoms with E-state index in [9.17, 15) is 14.4 Å². The molecule has 0 amide bonds. The fourth-order valence-corrected chi connectivity index (χ4v) is 7.47. The van der Waals surface area contributed by atoms with Gasteiger partial charge in [0, 0.05) is 19.3 Å². The van der Waals surface area contributed by atoms with Gasteiger partial charge < -0.3 is 14.2 Å². The van der Waals surface area contributed by atoms with Crippen LogP contribution in [0.2, 0.25) is 0 Å². The van der Waals surface area contributed by atoms with Crippen LogP contribution in [0.1, 0.15) is 265 Å². The molecule has 374 valence electrons. The zero-order valence-corrected chi connectivity index (χ0v) is 42.7. The molecule has 0 unspecified atom stereocenters. The van der Waals surface area contributed by atoms with Gasteiger partial charge in [0.2, 0.25) is 0 Å². The highest BCUT2D eigenvalue weighted by Gasteiger charge is 2.19. The summed E-state index contributed by atoms with van der Waals surface area (Å²) in [6, 6.07) is 0. The van der Waals surface area contributed by atoms with E-state index in [1.54, 1.807) is 0 Å². The highest BCUT2D eigenvalue weighted by atomic mass is 16.6. The fraction of sp³-hybridized carbons (Fsp3) is 0.746. The van der Waals surface area contributed by atoms with Crippen molar-refractivity contribution in [2.24, 2.45) is 0 Å². The summed E-state index contributed by atoms with van der Waals surface area (Å²) >= 11 is 0. The Morgan fingerprint density at radius 1 is 0.308 bits per heavy atom. The van der Waals surface area contributed by atoms with Crippen LogP contribution in [0.25, 0.3) is 0 Å². The summed E-state index contributed by atoms with van der Waals surface area (Å²) in [6.07, 6.45) is 67.4. The number of hydrogen-bond acceptors (Lipinski definition) is 6. The van der Waals surface area contributed by atoms with E-state index in [0.717, 1.165) is 83.5 Å². The molecule has 0 saturated carbocycles. The molecule has 1 atom stereocenters. The number of esters is 3. The van der Waals surface area contributed by atoms with Gasteiger partial charge in [0.25, 0.3) is 0 Å². The topological polar surface area (TPSA) is 78.9 Å². The van der Waals surface area contributed by atoms with Crippen LogP contribution >= 0.6 is 0 Å². The zero-order valence-electron chi connectivity index (χ0n) is 42.7. The van der Waals surface area contributed by atoms with Gasteiger partial charge in [-0.05, 0) is 116 Å². The van der Waals surface area contributed by atoms with Gasteiger partial charge >= 0.3 is 17.9 Å². The molecule has 0 saturated heterocycles. The summed E-state index contributed by atoms with van der Waals surface area (Å²) in [5.41, 5.74) is 0. The second kappa shape index (κ2) is 53.5. The van der Waals surface area contributed by atoms with Crippen LogP contribution < -0.4 is 0 Å². The molecule has 0 rings (SSSR count). The molecule has 0 aromatic rings. The molecule has 0 aliphatic heterocycles. The Hall–Kier alpha value is -3.15. The Kier molecular flexibility index (Phi) is 50.9. The van der Waals surface area contributed by atoms with Crippen molar-refractivity contribution < 1.29 is 28.6 Å². The number of ether oxygens (including phenoxy) is 3. The molecule has 0 aliphatic rings. The molecule has 0 radical (unpaired) electrons. The van der Waals surface area contributed by atoms with E-state index in [0.29, 0.717) is 19.3 Å². The Morgan fingerprint density at radius 2 is 0.554 bits per heavy atom. The lowest BCUT2D eigenvalue weighted by atomic mass is 10.1. The standard InChI is InChI=1S/C59H102O6/c1-4-7-10-13-16-19-22-25-28-29-32-34-37-40-43-46-49-52-58(61)64-55-56(65-59(62)53-50-47-44-41-38-35-31-27-24-21-18-15-12-9-6-3)54-63-57(60)51-48-45-42-39-36-33-30-26-23-20-17-14-11-8-5-2/h16,18-19,21,25-28,30-31,38,41,56H,4-15,17,20,22-24,29,32-37,39-40,42-55H2,1-3H3/b19-16-,21-18-,28-25-,30-26-,31-27-,41-38-/t56-/m0/s1. The summed E-state index contributed by atoms with van der Waals surface area (Å²) in [7, 11) is 0. The highest BCUT2D eigenvalue weighted by molar-refractivity contribution is 5.71. The number of carbonyl (C=O) groups excluding carboxylic acids is 3. The lowest BCUT2D eigenvalue weighted by Crippen LogP contribution is -2.30. The lowest BCUT2D eigenvalue weighted by Gasteiger charge is -2.18. The molecule has 0 fully saturated rings. The van der Waals surface area contributed by atoms with Crippen LogP contribution in [0.4, 0.5) is 0 Å². The van der Waals surface area contributed by atoms with E-state index >= 15 is 0 Å². The monoisotopic (exact) mass is 907 g/mol. The first-order valence-corrected chi connectivity index (χ1v) is 27.4. The normalized spacial score (nSPS) is 12.6. The molecule has 0 heterocycles. The maximum atomic E-state index is 12.8. The van der Waals surface area contributed by atoms with Crippen LogP contribution in [0.3, 0.4) is 0 Å². The summed E-state index contributed by atoms with van der Waals surface area (Å²) in [6.45, 7) is 6.54. The molecule has 65 heavy (non-hydrogen) atoms. The summed E-state index contributed by atoms with van der Waals surface area (Å²) in [5, 5.41) is 0. The van der Waals surface area contributed by atoms with Crippen LogP contribution in [0.5, 0.6) is 0 Å². The first kappa shape index (κ1) is 61.9. The Morgan fingerprint density at radius 3 is 0.938 bits per heavy atom. The van der Waals surface area contributed by atoms with Crippen molar-refractivity contribution >= 4 is 17.9 Å². The number of hydrogen-bond donors (Lipinski definition) is 0. The average molecular weight is 907 g/mol. The van der Waals surface area contributed by atoms with Gasteiger partial charge in [-0.25, -0.2) is 0 Å². The van der Waals surface area contributed by atoms with Gasteiger partial charge in [0.15, 0.2) is 6.10 Å². The van der Waals surface area contributed by atoms with Crippen LogP contribution in [0.15, 0.2) is 72.9 Å². The smallest absolute Gasteiger partial charge is 0.306 e. The van der Waals surface area contributed by atoms with Gasteiger partial charge in [-0.1, -0.05) is 203 Å². The first-order chi connectivity index (χ1) is 32.0. The predicted molar refractivity (Wildman–Crippen MR) is 279 cm³/mol. The van der Waals surface area contributed by atoms with Gasteiger partial charge in [-0.3, -0.25) is 14.4 Å². The molecule has 0 spiro atoms. The number of unbranched alkanes of at least 4 members (excludes halogenated alkanes) is 26. The van der Waals surface area contributed by atoms with E-state index in [1.807, 2.05) is 0 Å². The maximum absolute atomic E-state index is 12.8. The van der Waals surface area contributed by atoms with Gasteiger partial charge in [-0.15, -0.1) is 0 Å². The van der Waals surface area contributed by atoms with Crippen molar-refractivity contribution in [3.63, 3.8) is 0 Å². The third-order valence-electron chi connectivity index (χ3n) is 11.7. The Labute approximate surface area is 402 Å². The third kappa shape index (κ3) is 51.7. The average Bonchev–Trinajstić information content (AvgIpc) is 3.30. The molecule has 0 aromatic heterocycles. The van der Waals surface area contributed by atoms with Crippen molar-refractivity contribution in [3.8, 4) is 0 Å². The fourth-order valence-electron chi connectivity index (χ4n) is 7.47. The van der Waals surface area contributed by atoms with E-state index in [1.165, 1.54) is 135 Å². The van der Waals surface area contributed by atoms with E-state index < -0.39 is 6.10 Å². The largest absolute Gasteiger partial charge is 0.462 e. The van der Waals surface area contributed by atoms with Crippen molar-refractivity contribution in [2.45, 2.75) is 271 Å². The van der Waals surface area contributed by atoms with Gasteiger partial charge in [-0.2, -0.15) is 0 Å². The summed E-state index contributed by atoms with van der Waals surface area (Å²) < 4.78 is 16.8. The minimum absolute atomic E-state index is 0.0974. The van der Waals surface area contributed by atoms with Crippen LogP contribution in [0, 0.1) is 0 Å². The van der Waals surface area contributed by atoms with E-state index in [4.69, 9.17) is 14.2 Å². The van der Waals surface area contributed by atoms with Crippen molar-refractivity contribution in [2.75, 3.05) is 13.2 Å². The van der Waals surface area contributed by atoms with Crippen molar-refractivity contribution in [3.05, 3.63) is 72.9 Å². The molecule has 0 N–H and O–H groups in total. The van der Waals surface area contributed by atoms with Gasteiger partial charge in [0.05, 0.1) is 0 Å². The quantitative estimate of drug-likeness (QED) is 0.0262. The van der Waals surface area contributed by atoms with E-state index in [2.05, 4.69) is 93.7 Å². The molecule has 6 heteroatoms. The molecule has 0 bridgehead atoms. The number of carbonyl (C=O) groups is 3. The van der Waals surface area contributed by atoms with Gasteiger partial charge in [0.1, 0.15) is 13.2 Å². The highest BCUT2D eigenvalue weighted by Crippen LogP contribution is 2.14. The number of allylic oxidation sites excluding steroid dienone is 12. The van der Waals surface area contributed by atoms with Crippen LogP contribution in [-0.2, 0) is 28.6 Å². The Bertz CT molecular complexity index is 1230. The Balaban J connectivity index is 4.46. The molecule has 6 nitrogen and oxygen atoms in total. The predicted octanol–water partition coefficient (Wildman–Crippen LogP) is 18.2. The van der Waals surface area contributed by atoms with Crippen molar-refractivity contribution in [1.29, 1.82) is 0 Å². The first-order valence-electron chi connectivity index (χ1n) is 27.4. The molecular weight excluding hydrogens is 805 g/mol.